The molecule has 0 atom stereocenters. The van der Waals surface area contributed by atoms with Gasteiger partial charge >= 0.3 is 0 Å². The van der Waals surface area contributed by atoms with Gasteiger partial charge in [0.2, 0.25) is 0 Å². The molecule has 19 heavy (non-hydrogen) atoms. The van der Waals surface area contributed by atoms with Gasteiger partial charge < -0.3 is 10.1 Å². The molecule has 3 nitrogen and oxygen atoms in total. The summed E-state index contributed by atoms with van der Waals surface area (Å²) in [4.78, 5) is 4.75. The third kappa shape index (κ3) is 1.56. The number of aliphatic imine (C=N–C) groups is 1. The van der Waals surface area contributed by atoms with Crippen LogP contribution in [0.3, 0.4) is 0 Å². The predicted molar refractivity (Wildman–Crippen MR) is 77.2 cm³/mol. The molecule has 1 aliphatic heterocycles. The lowest BCUT2D eigenvalue weighted by Gasteiger charge is -2.40. The summed E-state index contributed by atoms with van der Waals surface area (Å²) < 4.78 is 5.60. The molecular weight excluding hydrogens is 236 g/mol. The number of nitrogens with one attached hydrogen (secondary N) is 1. The Balaban J connectivity index is 2.20. The molecule has 0 amide bonds. The summed E-state index contributed by atoms with van der Waals surface area (Å²) >= 11 is 0. The van der Waals surface area contributed by atoms with Gasteiger partial charge in [0.05, 0.1) is 18.2 Å². The highest BCUT2D eigenvalue weighted by molar-refractivity contribution is 6.02. The highest BCUT2D eigenvalue weighted by Gasteiger charge is 2.49. The maximum absolute atomic E-state index is 5.60. The first kappa shape index (κ1) is 12.1. The molecule has 3 rings (SSSR count). The first-order valence-electron chi connectivity index (χ1n) is 6.67. The molecule has 1 N–H and O–H groups in total. The second-order valence-electron chi connectivity index (χ2n) is 5.09. The van der Waals surface area contributed by atoms with E-state index in [-0.39, 0.29) is 5.41 Å². The summed E-state index contributed by atoms with van der Waals surface area (Å²) in [5, 5.41) is 3.26. The fourth-order valence-electron chi connectivity index (χ4n) is 3.21. The van der Waals surface area contributed by atoms with E-state index in [1.54, 1.807) is 7.11 Å². The first-order chi connectivity index (χ1) is 9.25. The van der Waals surface area contributed by atoms with Gasteiger partial charge in [0, 0.05) is 18.2 Å². The Morgan fingerprint density at radius 2 is 2.16 bits per heavy atom. The molecule has 98 valence electrons. The number of amidine groups is 1. The molecule has 1 saturated carbocycles. The van der Waals surface area contributed by atoms with E-state index < -0.39 is 0 Å². The van der Waals surface area contributed by atoms with Crippen molar-refractivity contribution >= 4 is 11.5 Å². The van der Waals surface area contributed by atoms with E-state index in [0.717, 1.165) is 35.7 Å². The van der Waals surface area contributed by atoms with Crippen LogP contribution in [0, 0.1) is 11.8 Å². The molecule has 3 heteroatoms. The van der Waals surface area contributed by atoms with Crippen LogP contribution in [0.2, 0.25) is 0 Å². The number of fused-ring (bicyclic) bond motifs is 2. The van der Waals surface area contributed by atoms with Gasteiger partial charge in [-0.1, -0.05) is 12.3 Å². The standard InChI is InChI=1S/C16H18N2O/c1-4-6-11-9-12-14(13(10-11)19-3)16(7-5-8-16)15(17-2)18-12/h9-10H,5,7-8H2,1-3H3,(H,17,18). The van der Waals surface area contributed by atoms with Gasteiger partial charge in [-0.15, -0.1) is 5.92 Å². The summed E-state index contributed by atoms with van der Waals surface area (Å²) in [6, 6.07) is 4.10. The summed E-state index contributed by atoms with van der Waals surface area (Å²) in [7, 11) is 3.67. The second-order valence-corrected chi connectivity index (χ2v) is 5.09. The lowest BCUT2D eigenvalue weighted by molar-refractivity contribution is 0.322. The zero-order valence-corrected chi connectivity index (χ0v) is 11.6. The summed E-state index contributed by atoms with van der Waals surface area (Å²) in [6.45, 7) is 1.84. The molecule has 0 unspecified atom stereocenters. The SMILES string of the molecule is CC#Cc1cc2c(c(OC)c1)C1(CCC1)C(NC)=N2. The van der Waals surface area contributed by atoms with Gasteiger partial charge in [-0.05, 0) is 31.9 Å². The molecule has 0 saturated heterocycles. The van der Waals surface area contributed by atoms with Gasteiger partial charge in [-0.2, -0.15) is 0 Å². The van der Waals surface area contributed by atoms with Crippen LogP contribution in [-0.2, 0) is 5.41 Å². The van der Waals surface area contributed by atoms with Crippen molar-refractivity contribution in [2.45, 2.75) is 31.6 Å². The molecular formula is C16H18N2O. The Labute approximate surface area is 114 Å². The lowest BCUT2D eigenvalue weighted by atomic mass is 9.64. The van der Waals surface area contributed by atoms with Crippen molar-refractivity contribution in [1.29, 1.82) is 0 Å². The summed E-state index contributed by atoms with van der Waals surface area (Å²) in [5.41, 5.74) is 3.29. The molecule has 1 spiro atoms. The number of rotatable bonds is 1. The van der Waals surface area contributed by atoms with Crippen LogP contribution in [0.4, 0.5) is 5.69 Å². The van der Waals surface area contributed by atoms with Crippen LogP contribution in [-0.4, -0.2) is 20.0 Å². The number of ether oxygens (including phenoxy) is 1. The minimum Gasteiger partial charge on any atom is -0.496 e. The highest BCUT2D eigenvalue weighted by atomic mass is 16.5. The highest BCUT2D eigenvalue weighted by Crippen LogP contribution is 2.55. The van der Waals surface area contributed by atoms with E-state index in [1.165, 1.54) is 12.0 Å². The zero-order valence-electron chi connectivity index (χ0n) is 11.6. The van der Waals surface area contributed by atoms with Crippen LogP contribution in [0.25, 0.3) is 0 Å². The maximum Gasteiger partial charge on any atom is 0.126 e. The monoisotopic (exact) mass is 254 g/mol. The van der Waals surface area contributed by atoms with Gasteiger partial charge in [0.15, 0.2) is 0 Å². The first-order valence-corrected chi connectivity index (χ1v) is 6.67. The second kappa shape index (κ2) is 4.31. The Morgan fingerprint density at radius 1 is 1.37 bits per heavy atom. The molecule has 0 aromatic heterocycles. The Morgan fingerprint density at radius 3 is 2.68 bits per heavy atom. The quantitative estimate of drug-likeness (QED) is 0.782. The van der Waals surface area contributed by atoms with E-state index in [0.29, 0.717) is 0 Å². The number of likely N-dealkylation sites (N-methyl/N-ethyl adjacent to an activating group) is 1. The summed E-state index contributed by atoms with van der Waals surface area (Å²) in [5.74, 6) is 8.02. The van der Waals surface area contributed by atoms with Gasteiger partial charge in [0.1, 0.15) is 11.6 Å². The largest absolute Gasteiger partial charge is 0.496 e. The van der Waals surface area contributed by atoms with Crippen molar-refractivity contribution < 1.29 is 4.74 Å². The zero-order chi connectivity index (χ0) is 13.5. The molecule has 1 heterocycles. The van der Waals surface area contributed by atoms with Crippen molar-refractivity contribution in [3.8, 4) is 17.6 Å². The van der Waals surface area contributed by atoms with Crippen molar-refractivity contribution in [1.82, 2.24) is 5.32 Å². The fraction of sp³-hybridized carbons (Fsp3) is 0.438. The van der Waals surface area contributed by atoms with Crippen LogP contribution in [0.15, 0.2) is 17.1 Å². The Hall–Kier alpha value is -1.95. The van der Waals surface area contributed by atoms with E-state index in [1.807, 2.05) is 20.0 Å². The molecule has 0 radical (unpaired) electrons. The van der Waals surface area contributed by atoms with Gasteiger partial charge in [-0.25, -0.2) is 4.99 Å². The smallest absolute Gasteiger partial charge is 0.126 e. The number of nitrogens with zero attached hydrogens (tertiary/aromatic N) is 1. The van der Waals surface area contributed by atoms with Crippen molar-refractivity contribution in [2.75, 3.05) is 14.2 Å². The average Bonchev–Trinajstić information content (AvgIpc) is 2.72. The predicted octanol–water partition coefficient (Wildman–Crippen LogP) is 2.75. The van der Waals surface area contributed by atoms with Crippen LogP contribution >= 0.6 is 0 Å². The maximum atomic E-state index is 5.60. The minimum atomic E-state index is 0.0631. The molecule has 1 aromatic carbocycles. The van der Waals surface area contributed by atoms with Crippen LogP contribution < -0.4 is 10.1 Å². The minimum absolute atomic E-state index is 0.0631. The third-order valence-corrected chi connectivity index (χ3v) is 4.18. The average molecular weight is 254 g/mol. The fourth-order valence-corrected chi connectivity index (χ4v) is 3.21. The summed E-state index contributed by atoms with van der Waals surface area (Å²) in [6.07, 6.45) is 3.55. The molecule has 1 fully saturated rings. The number of benzene rings is 1. The van der Waals surface area contributed by atoms with Crippen LogP contribution in [0.5, 0.6) is 5.75 Å². The van der Waals surface area contributed by atoms with Crippen molar-refractivity contribution in [2.24, 2.45) is 4.99 Å². The number of methoxy groups -OCH3 is 1. The van der Waals surface area contributed by atoms with Gasteiger partial charge in [-0.3, -0.25) is 0 Å². The molecule has 2 aliphatic rings. The Kier molecular flexibility index (Phi) is 2.74. The molecule has 1 aromatic rings. The number of hydrogen-bond donors (Lipinski definition) is 1. The number of hydrogen-bond acceptors (Lipinski definition) is 3. The van der Waals surface area contributed by atoms with E-state index in [9.17, 15) is 0 Å². The third-order valence-electron chi connectivity index (χ3n) is 4.18. The van der Waals surface area contributed by atoms with E-state index in [2.05, 4.69) is 23.2 Å². The molecule has 1 aliphatic carbocycles. The van der Waals surface area contributed by atoms with E-state index >= 15 is 0 Å². The van der Waals surface area contributed by atoms with Gasteiger partial charge in [0.25, 0.3) is 0 Å². The lowest BCUT2D eigenvalue weighted by Crippen LogP contribution is -2.46. The Bertz CT molecular complexity index is 616. The van der Waals surface area contributed by atoms with E-state index in [4.69, 9.17) is 9.73 Å². The normalized spacial score (nSPS) is 17.9. The van der Waals surface area contributed by atoms with Crippen molar-refractivity contribution in [3.05, 3.63) is 23.3 Å². The molecule has 0 bridgehead atoms. The van der Waals surface area contributed by atoms with Crippen LogP contribution in [0.1, 0.15) is 37.3 Å². The topological polar surface area (TPSA) is 33.6 Å². The van der Waals surface area contributed by atoms with Crippen molar-refractivity contribution in [3.63, 3.8) is 0 Å².